The van der Waals surface area contributed by atoms with Gasteiger partial charge in [-0.1, -0.05) is 91.0 Å². The number of benzene rings is 3. The van der Waals surface area contributed by atoms with Crippen LogP contribution in [0.25, 0.3) is 79.8 Å². The Morgan fingerprint density at radius 1 is 0.468 bits per heavy atom. The van der Waals surface area contributed by atoms with Gasteiger partial charge >= 0.3 is 0 Å². The van der Waals surface area contributed by atoms with Gasteiger partial charge in [0.1, 0.15) is 0 Å². The number of nitrogens with one attached hydrogen (secondary N) is 2. The average molecular weight is 606 g/mol. The summed E-state index contributed by atoms with van der Waals surface area (Å²) in [7, 11) is 0. The summed E-state index contributed by atoms with van der Waals surface area (Å²) in [5.41, 5.74) is 15.0. The van der Waals surface area contributed by atoms with Gasteiger partial charge in [0.2, 0.25) is 0 Å². The molecule has 0 unspecified atom stereocenters. The van der Waals surface area contributed by atoms with Crippen molar-refractivity contribution in [1.29, 1.82) is 5.26 Å². The molecule has 2 aliphatic heterocycles. The number of fused-ring (bicyclic) bond motifs is 8. The van der Waals surface area contributed by atoms with Crippen molar-refractivity contribution in [3.8, 4) is 39.4 Å². The van der Waals surface area contributed by atoms with Crippen molar-refractivity contribution < 1.29 is 0 Å². The normalized spacial score (nSPS) is 11.9. The first-order valence-electron chi connectivity index (χ1n) is 15.9. The highest BCUT2D eigenvalue weighted by atomic mass is 14.8. The summed E-state index contributed by atoms with van der Waals surface area (Å²) in [5.74, 6) is 0. The van der Waals surface area contributed by atoms with Crippen LogP contribution in [0.15, 0.2) is 115 Å². The smallest absolute Gasteiger partial charge is 0.0737 e. The molecule has 5 heteroatoms. The summed E-state index contributed by atoms with van der Waals surface area (Å²) in [6.45, 7) is 0. The third-order valence-electron chi connectivity index (χ3n) is 8.77. The Bertz CT molecular complexity index is 2330. The van der Waals surface area contributed by atoms with E-state index in [4.69, 9.17) is 9.97 Å². The fourth-order valence-electron chi connectivity index (χ4n) is 6.60. The van der Waals surface area contributed by atoms with E-state index in [1.165, 1.54) is 0 Å². The second-order valence-corrected chi connectivity index (χ2v) is 11.7. The minimum absolute atomic E-state index is 0.485. The number of H-pyrrole nitrogens is 2. The third kappa shape index (κ3) is 5.37. The van der Waals surface area contributed by atoms with Crippen LogP contribution in [0.5, 0.6) is 0 Å². The highest BCUT2D eigenvalue weighted by molar-refractivity contribution is 5.97. The second-order valence-electron chi connectivity index (χ2n) is 11.7. The van der Waals surface area contributed by atoms with Crippen LogP contribution in [-0.4, -0.2) is 19.9 Å². The summed E-state index contributed by atoms with van der Waals surface area (Å²) < 4.78 is 0. The van der Waals surface area contributed by atoms with Gasteiger partial charge in [0.15, 0.2) is 0 Å². The van der Waals surface area contributed by atoms with Gasteiger partial charge in [0.05, 0.1) is 28.8 Å². The summed E-state index contributed by atoms with van der Waals surface area (Å²) in [5, 5.41) is 9.35. The Morgan fingerprint density at radius 3 is 1.30 bits per heavy atom. The van der Waals surface area contributed by atoms with Gasteiger partial charge in [-0.25, -0.2) is 9.97 Å². The van der Waals surface area contributed by atoms with Gasteiger partial charge in [-0.3, -0.25) is 0 Å². The zero-order chi connectivity index (χ0) is 31.6. The fraction of sp³-hybridized carbons (Fsp3) is 0.0714. The molecular formula is C42H31N5. The third-order valence-corrected chi connectivity index (χ3v) is 8.77. The van der Waals surface area contributed by atoms with E-state index in [2.05, 4.69) is 137 Å². The van der Waals surface area contributed by atoms with E-state index in [0.29, 0.717) is 6.42 Å². The molecule has 3 aromatic carbocycles. The van der Waals surface area contributed by atoms with Gasteiger partial charge in [-0.2, -0.15) is 5.26 Å². The van der Waals surface area contributed by atoms with Gasteiger partial charge in [0.25, 0.3) is 0 Å². The second kappa shape index (κ2) is 12.3. The lowest BCUT2D eigenvalue weighted by atomic mass is 10.0. The molecular weight excluding hydrogens is 574 g/mol. The standard InChI is InChI=1S/C42H31N5/c43-27-11-10-18-31-32-19-21-34(44-32)40(28-12-4-1-5-13-28)36-23-25-38(46-36)42(30-16-8-3-9-17-30)39-26-24-37(47-39)41(29-14-6-2-7-15-29)35-22-20-33(31)45-35/h1-9,12-17,19-26,44,47H,10-11,18H2. The predicted octanol–water partition coefficient (Wildman–Crippen LogP) is 10.5. The molecule has 224 valence electrons. The van der Waals surface area contributed by atoms with Crippen molar-refractivity contribution in [2.75, 3.05) is 0 Å². The SMILES string of the molecule is N#CCCCc1c2nc(c(-c3ccccc3)c3ccc([nH]3)c(-c3ccccc3)c3nc(c(-c4ccccc4)c4ccc1[nH]4)C=C3)C=C2. The number of rotatable bonds is 6. The molecule has 0 amide bonds. The van der Waals surface area contributed by atoms with Crippen LogP contribution in [0.1, 0.15) is 41.2 Å². The van der Waals surface area contributed by atoms with Crippen LogP contribution >= 0.6 is 0 Å². The van der Waals surface area contributed by atoms with Crippen molar-refractivity contribution in [3.63, 3.8) is 0 Å². The highest BCUT2D eigenvalue weighted by Gasteiger charge is 2.18. The zero-order valence-corrected chi connectivity index (χ0v) is 25.7. The summed E-state index contributed by atoms with van der Waals surface area (Å²) in [4.78, 5) is 18.1. The predicted molar refractivity (Wildman–Crippen MR) is 194 cm³/mol. The first-order chi connectivity index (χ1) is 23.3. The molecule has 3 aromatic heterocycles. The Morgan fingerprint density at radius 2 is 0.851 bits per heavy atom. The largest absolute Gasteiger partial charge is 0.355 e. The van der Waals surface area contributed by atoms with Crippen molar-refractivity contribution in [1.82, 2.24) is 19.9 Å². The number of hydrogen-bond donors (Lipinski definition) is 2. The van der Waals surface area contributed by atoms with Crippen molar-refractivity contribution in [2.24, 2.45) is 0 Å². The van der Waals surface area contributed by atoms with Crippen LogP contribution in [0.2, 0.25) is 0 Å². The quantitative estimate of drug-likeness (QED) is 0.185. The first kappa shape index (κ1) is 28.2. The summed E-state index contributed by atoms with van der Waals surface area (Å²) in [6.07, 6.45) is 10.4. The maximum absolute atomic E-state index is 9.35. The Labute approximate surface area is 273 Å². The molecule has 0 saturated carbocycles. The molecule has 0 atom stereocenters. The molecule has 0 spiro atoms. The Kier molecular flexibility index (Phi) is 7.37. The zero-order valence-electron chi connectivity index (χ0n) is 25.7. The van der Waals surface area contributed by atoms with E-state index in [-0.39, 0.29) is 0 Å². The van der Waals surface area contributed by atoms with Gasteiger partial charge in [-0.15, -0.1) is 0 Å². The minimum atomic E-state index is 0.485. The van der Waals surface area contributed by atoms with Crippen molar-refractivity contribution >= 4 is 46.4 Å². The van der Waals surface area contributed by atoms with Crippen LogP contribution < -0.4 is 0 Å². The van der Waals surface area contributed by atoms with Crippen LogP contribution in [0, 0.1) is 11.3 Å². The summed E-state index contributed by atoms with van der Waals surface area (Å²) in [6, 6.07) is 42.2. The van der Waals surface area contributed by atoms with E-state index >= 15 is 0 Å². The number of aromatic nitrogens is 4. The van der Waals surface area contributed by atoms with Gasteiger partial charge in [-0.05, 0) is 78.1 Å². The molecule has 0 fully saturated rings. The van der Waals surface area contributed by atoms with E-state index in [0.717, 1.165) is 96.6 Å². The number of nitrogens with zero attached hydrogens (tertiary/aromatic N) is 3. The fourth-order valence-corrected chi connectivity index (χ4v) is 6.60. The number of aromatic amines is 2. The summed E-state index contributed by atoms with van der Waals surface area (Å²) >= 11 is 0. The van der Waals surface area contributed by atoms with Crippen molar-refractivity contribution in [3.05, 3.63) is 144 Å². The molecule has 0 aliphatic carbocycles. The number of aryl methyl sites for hydroxylation is 1. The maximum Gasteiger partial charge on any atom is 0.0737 e. The molecule has 5 nitrogen and oxygen atoms in total. The number of hydrogen-bond acceptors (Lipinski definition) is 3. The molecule has 8 rings (SSSR count). The van der Waals surface area contributed by atoms with Crippen LogP contribution in [-0.2, 0) is 6.42 Å². The molecule has 6 aromatic rings. The lowest BCUT2D eigenvalue weighted by Gasteiger charge is -2.06. The van der Waals surface area contributed by atoms with Crippen LogP contribution in [0.4, 0.5) is 0 Å². The topological polar surface area (TPSA) is 81.2 Å². The molecule has 0 saturated heterocycles. The van der Waals surface area contributed by atoms with Crippen molar-refractivity contribution in [2.45, 2.75) is 19.3 Å². The first-order valence-corrected chi connectivity index (χ1v) is 15.9. The monoisotopic (exact) mass is 605 g/mol. The van der Waals surface area contributed by atoms with E-state index in [9.17, 15) is 5.26 Å². The number of nitriles is 1. The Hall–Kier alpha value is -6.25. The average Bonchev–Trinajstić information content (AvgIpc) is 3.95. The molecule has 2 N–H and O–H groups in total. The molecule has 0 radical (unpaired) electrons. The minimum Gasteiger partial charge on any atom is -0.355 e. The van der Waals surface area contributed by atoms with E-state index < -0.39 is 0 Å². The number of unbranched alkanes of at least 4 members (excludes halogenated alkanes) is 1. The molecule has 5 heterocycles. The lowest BCUT2D eigenvalue weighted by molar-refractivity contribution is 0.849. The maximum atomic E-state index is 9.35. The lowest BCUT2D eigenvalue weighted by Crippen LogP contribution is -1.92. The molecule has 8 bridgehead atoms. The van der Waals surface area contributed by atoms with Gasteiger partial charge < -0.3 is 9.97 Å². The molecule has 2 aliphatic rings. The Balaban J connectivity index is 1.54. The molecule has 47 heavy (non-hydrogen) atoms. The van der Waals surface area contributed by atoms with E-state index in [1.54, 1.807) is 0 Å². The van der Waals surface area contributed by atoms with E-state index in [1.807, 2.05) is 18.2 Å². The highest BCUT2D eigenvalue weighted by Crippen LogP contribution is 2.36. The van der Waals surface area contributed by atoms with Gasteiger partial charge in [0, 0.05) is 50.7 Å². The van der Waals surface area contributed by atoms with Crippen LogP contribution in [0.3, 0.4) is 0 Å².